The summed E-state index contributed by atoms with van der Waals surface area (Å²) in [5.41, 5.74) is 2.15. The SMILES string of the molecule is CN(c1c2c(c(O)c3ncccc13)C(=O)N(Cc1ccccc1)C2)S(C)(=O)=O. The van der Waals surface area contributed by atoms with Crippen LogP contribution in [-0.2, 0) is 23.1 Å². The summed E-state index contributed by atoms with van der Waals surface area (Å²) in [5.74, 6) is -0.552. The van der Waals surface area contributed by atoms with Crippen molar-refractivity contribution in [3.05, 3.63) is 65.4 Å². The number of phenols is 1. The van der Waals surface area contributed by atoms with E-state index in [-0.39, 0.29) is 29.3 Å². The van der Waals surface area contributed by atoms with Gasteiger partial charge in [-0.25, -0.2) is 8.42 Å². The Bertz CT molecular complexity index is 1190. The van der Waals surface area contributed by atoms with Crippen LogP contribution in [0.2, 0.25) is 0 Å². The number of aromatic nitrogens is 1. The van der Waals surface area contributed by atoms with Gasteiger partial charge in [0, 0.05) is 37.3 Å². The monoisotopic (exact) mass is 397 g/mol. The first-order valence-corrected chi connectivity index (χ1v) is 10.5. The maximum absolute atomic E-state index is 13.1. The van der Waals surface area contributed by atoms with Crippen LogP contribution in [-0.4, -0.2) is 42.6 Å². The lowest BCUT2D eigenvalue weighted by atomic mass is 10.0. The Kier molecular flexibility index (Phi) is 4.23. The molecule has 0 saturated heterocycles. The van der Waals surface area contributed by atoms with Crippen LogP contribution in [0.25, 0.3) is 10.9 Å². The van der Waals surface area contributed by atoms with Gasteiger partial charge in [0.1, 0.15) is 5.52 Å². The first kappa shape index (κ1) is 18.2. The molecule has 0 unspecified atom stereocenters. The molecular formula is C20H19N3O4S. The zero-order valence-electron chi connectivity index (χ0n) is 15.5. The van der Waals surface area contributed by atoms with Crippen LogP contribution in [0.4, 0.5) is 5.69 Å². The molecule has 1 aromatic heterocycles. The Morgan fingerprint density at radius 3 is 2.57 bits per heavy atom. The van der Waals surface area contributed by atoms with Crippen LogP contribution in [0.15, 0.2) is 48.7 Å². The van der Waals surface area contributed by atoms with E-state index in [1.807, 2.05) is 30.3 Å². The fourth-order valence-electron chi connectivity index (χ4n) is 3.59. The largest absolute Gasteiger partial charge is 0.505 e. The summed E-state index contributed by atoms with van der Waals surface area (Å²) in [7, 11) is -2.14. The molecule has 2 heterocycles. The topological polar surface area (TPSA) is 90.8 Å². The second-order valence-electron chi connectivity index (χ2n) is 6.83. The Labute approximate surface area is 162 Å². The molecule has 1 aliphatic rings. The summed E-state index contributed by atoms with van der Waals surface area (Å²) in [4.78, 5) is 18.8. The molecule has 144 valence electrons. The van der Waals surface area contributed by atoms with Gasteiger partial charge in [0.15, 0.2) is 5.75 Å². The summed E-state index contributed by atoms with van der Waals surface area (Å²) in [5, 5.41) is 11.2. The molecule has 0 bridgehead atoms. The van der Waals surface area contributed by atoms with E-state index < -0.39 is 10.0 Å². The minimum absolute atomic E-state index is 0.118. The molecule has 2 aromatic carbocycles. The highest BCUT2D eigenvalue weighted by molar-refractivity contribution is 7.92. The van der Waals surface area contributed by atoms with Crippen molar-refractivity contribution in [1.29, 1.82) is 0 Å². The maximum Gasteiger partial charge on any atom is 0.258 e. The number of benzene rings is 2. The Morgan fingerprint density at radius 1 is 1.18 bits per heavy atom. The number of aromatic hydroxyl groups is 1. The van der Waals surface area contributed by atoms with Gasteiger partial charge in [-0.3, -0.25) is 14.1 Å². The average molecular weight is 397 g/mol. The van der Waals surface area contributed by atoms with Gasteiger partial charge in [-0.2, -0.15) is 0 Å². The number of hydrogen-bond donors (Lipinski definition) is 1. The molecule has 0 saturated carbocycles. The van der Waals surface area contributed by atoms with Crippen LogP contribution < -0.4 is 4.31 Å². The van der Waals surface area contributed by atoms with E-state index >= 15 is 0 Å². The van der Waals surface area contributed by atoms with E-state index in [9.17, 15) is 18.3 Å². The zero-order chi connectivity index (χ0) is 20.1. The fraction of sp³-hybridized carbons (Fsp3) is 0.200. The number of phenolic OH excluding ortho intramolecular Hbond substituents is 1. The lowest BCUT2D eigenvalue weighted by Crippen LogP contribution is -2.26. The number of pyridine rings is 1. The second-order valence-corrected chi connectivity index (χ2v) is 8.84. The molecule has 0 spiro atoms. The minimum Gasteiger partial charge on any atom is -0.505 e. The van der Waals surface area contributed by atoms with Crippen molar-refractivity contribution in [2.24, 2.45) is 0 Å². The van der Waals surface area contributed by atoms with Gasteiger partial charge in [0.05, 0.1) is 17.5 Å². The summed E-state index contributed by atoms with van der Waals surface area (Å²) >= 11 is 0. The van der Waals surface area contributed by atoms with E-state index in [2.05, 4.69) is 4.98 Å². The molecule has 1 aliphatic heterocycles. The van der Waals surface area contributed by atoms with Gasteiger partial charge >= 0.3 is 0 Å². The third-order valence-corrected chi connectivity index (χ3v) is 6.17. The number of rotatable bonds is 4. The third-order valence-electron chi connectivity index (χ3n) is 4.99. The third kappa shape index (κ3) is 2.86. The van der Waals surface area contributed by atoms with Crippen molar-refractivity contribution in [2.45, 2.75) is 13.1 Å². The summed E-state index contributed by atoms with van der Waals surface area (Å²) < 4.78 is 25.7. The van der Waals surface area contributed by atoms with Crippen molar-refractivity contribution in [3.63, 3.8) is 0 Å². The number of fused-ring (bicyclic) bond motifs is 2. The normalized spacial score (nSPS) is 13.8. The molecule has 1 N–H and O–H groups in total. The standard InChI is InChI=1S/C20H19N3O4S/c1-22(28(2,26)27)18-14-9-6-10-21-17(14)19(24)16-15(18)12-23(20(16)25)11-13-7-4-3-5-8-13/h3-10,24H,11-12H2,1-2H3. The summed E-state index contributed by atoms with van der Waals surface area (Å²) in [6.45, 7) is 0.566. The molecular weight excluding hydrogens is 378 g/mol. The average Bonchev–Trinajstić information content (AvgIpc) is 2.98. The van der Waals surface area contributed by atoms with Crippen LogP contribution in [0.1, 0.15) is 21.5 Å². The van der Waals surface area contributed by atoms with Crippen LogP contribution in [0, 0.1) is 0 Å². The fourth-order valence-corrected chi connectivity index (χ4v) is 4.13. The van der Waals surface area contributed by atoms with Crippen molar-refractivity contribution >= 4 is 32.5 Å². The lowest BCUT2D eigenvalue weighted by Gasteiger charge is -2.22. The van der Waals surface area contributed by atoms with Gasteiger partial charge in [-0.05, 0) is 17.7 Å². The molecule has 28 heavy (non-hydrogen) atoms. The van der Waals surface area contributed by atoms with E-state index in [1.165, 1.54) is 13.2 Å². The molecule has 8 heteroatoms. The number of hydrogen-bond acceptors (Lipinski definition) is 5. The number of anilines is 1. The molecule has 0 atom stereocenters. The van der Waals surface area contributed by atoms with Crippen LogP contribution in [0.5, 0.6) is 5.75 Å². The van der Waals surface area contributed by atoms with Gasteiger partial charge in [0.2, 0.25) is 10.0 Å². The molecule has 7 nitrogen and oxygen atoms in total. The number of carbonyl (C=O) groups is 1. The predicted molar refractivity (Wildman–Crippen MR) is 107 cm³/mol. The van der Waals surface area contributed by atoms with Gasteiger partial charge in [-0.15, -0.1) is 0 Å². The number of carbonyl (C=O) groups excluding carboxylic acids is 1. The van der Waals surface area contributed by atoms with Crippen molar-refractivity contribution in [3.8, 4) is 5.75 Å². The number of nitrogens with zero attached hydrogens (tertiary/aromatic N) is 3. The Morgan fingerprint density at radius 2 is 1.89 bits per heavy atom. The Balaban J connectivity index is 1.92. The number of sulfonamides is 1. The molecule has 0 fully saturated rings. The highest BCUT2D eigenvalue weighted by atomic mass is 32.2. The van der Waals surface area contributed by atoms with Gasteiger partial charge in [0.25, 0.3) is 5.91 Å². The first-order chi connectivity index (χ1) is 13.3. The molecule has 0 aliphatic carbocycles. The van der Waals surface area contributed by atoms with E-state index in [0.717, 1.165) is 16.1 Å². The molecule has 3 aromatic rings. The van der Waals surface area contributed by atoms with Crippen molar-refractivity contribution < 1.29 is 18.3 Å². The predicted octanol–water partition coefficient (Wildman–Crippen LogP) is 2.49. The first-order valence-electron chi connectivity index (χ1n) is 8.68. The lowest BCUT2D eigenvalue weighted by molar-refractivity contribution is 0.0764. The minimum atomic E-state index is -3.58. The van der Waals surface area contributed by atoms with Crippen LogP contribution >= 0.6 is 0 Å². The van der Waals surface area contributed by atoms with E-state index in [0.29, 0.717) is 23.2 Å². The smallest absolute Gasteiger partial charge is 0.258 e. The van der Waals surface area contributed by atoms with Gasteiger partial charge in [-0.1, -0.05) is 30.3 Å². The van der Waals surface area contributed by atoms with E-state index in [4.69, 9.17) is 0 Å². The highest BCUT2D eigenvalue weighted by Gasteiger charge is 2.36. The number of amides is 1. The molecule has 1 amide bonds. The molecule has 4 rings (SSSR count). The highest BCUT2D eigenvalue weighted by Crippen LogP contribution is 2.44. The van der Waals surface area contributed by atoms with Gasteiger partial charge < -0.3 is 10.0 Å². The Hall–Kier alpha value is -3.13. The second kappa shape index (κ2) is 6.49. The van der Waals surface area contributed by atoms with Crippen molar-refractivity contribution in [2.75, 3.05) is 17.6 Å². The van der Waals surface area contributed by atoms with Crippen LogP contribution in [0.3, 0.4) is 0 Å². The zero-order valence-corrected chi connectivity index (χ0v) is 16.3. The quantitative estimate of drug-likeness (QED) is 0.730. The summed E-state index contributed by atoms with van der Waals surface area (Å²) in [6, 6.07) is 12.9. The molecule has 0 radical (unpaired) electrons. The van der Waals surface area contributed by atoms with E-state index in [1.54, 1.807) is 17.0 Å². The van der Waals surface area contributed by atoms with Crippen molar-refractivity contribution in [1.82, 2.24) is 9.88 Å². The maximum atomic E-state index is 13.1. The summed E-state index contributed by atoms with van der Waals surface area (Å²) in [6.07, 6.45) is 2.60.